The monoisotopic (exact) mass is 415 g/mol. The fraction of sp³-hybridized carbons (Fsp3) is 0.421. The molecule has 0 unspecified atom stereocenters. The van der Waals surface area contributed by atoms with Crippen LogP contribution < -0.4 is 5.32 Å². The van der Waals surface area contributed by atoms with Gasteiger partial charge in [-0.3, -0.25) is 19.2 Å². The maximum Gasteiger partial charge on any atom is 0.290 e. The van der Waals surface area contributed by atoms with Gasteiger partial charge in [-0.15, -0.1) is 0 Å². The van der Waals surface area contributed by atoms with Crippen LogP contribution >= 0.6 is 0 Å². The van der Waals surface area contributed by atoms with Crippen molar-refractivity contribution in [3.8, 4) is 0 Å². The van der Waals surface area contributed by atoms with E-state index in [4.69, 9.17) is 14.4 Å². The van der Waals surface area contributed by atoms with Crippen molar-refractivity contribution < 1.29 is 19.2 Å². The number of imidazole rings is 1. The zero-order valence-corrected chi connectivity index (χ0v) is 16.9. The van der Waals surface area contributed by atoms with Gasteiger partial charge in [-0.1, -0.05) is 5.16 Å². The highest BCUT2D eigenvalue weighted by molar-refractivity contribution is 5.96. The van der Waals surface area contributed by atoms with Crippen molar-refractivity contribution in [1.82, 2.24) is 29.4 Å². The van der Waals surface area contributed by atoms with Gasteiger partial charge in [0, 0.05) is 57.4 Å². The van der Waals surface area contributed by atoms with Crippen LogP contribution in [0.15, 0.2) is 41.6 Å². The molecule has 1 aliphatic heterocycles. The molecule has 30 heavy (non-hydrogen) atoms. The van der Waals surface area contributed by atoms with Crippen LogP contribution in [-0.4, -0.2) is 60.0 Å². The lowest BCUT2D eigenvalue weighted by atomic mass is 9.86. The molecular formula is C19H25N7O4. The molecule has 11 heteroatoms. The van der Waals surface area contributed by atoms with Gasteiger partial charge in [0.15, 0.2) is 5.82 Å². The van der Waals surface area contributed by atoms with Crippen molar-refractivity contribution in [3.05, 3.63) is 48.5 Å². The maximum atomic E-state index is 13.2. The van der Waals surface area contributed by atoms with Crippen LogP contribution in [0, 0.1) is 6.92 Å². The maximum absolute atomic E-state index is 13.2. The van der Waals surface area contributed by atoms with Gasteiger partial charge in [-0.2, -0.15) is 5.10 Å². The first-order valence-electron chi connectivity index (χ1n) is 9.49. The van der Waals surface area contributed by atoms with E-state index in [0.717, 1.165) is 31.1 Å². The average molecular weight is 415 g/mol. The molecule has 0 spiro atoms. The predicted octanol–water partition coefficient (Wildman–Crippen LogP) is 1.24. The van der Waals surface area contributed by atoms with Crippen LogP contribution in [0.2, 0.25) is 0 Å². The Hall–Kier alpha value is -3.47. The number of aromatic nitrogens is 5. The normalized spacial score (nSPS) is 15.8. The number of nitrogens with one attached hydrogen (secondary N) is 1. The third-order valence-electron chi connectivity index (χ3n) is 5.12. The van der Waals surface area contributed by atoms with Gasteiger partial charge in [0.2, 0.25) is 0 Å². The van der Waals surface area contributed by atoms with E-state index in [1.165, 1.54) is 0 Å². The van der Waals surface area contributed by atoms with E-state index in [1.807, 2.05) is 37.0 Å². The topological polar surface area (TPSA) is 131 Å². The molecule has 11 nitrogen and oxygen atoms in total. The van der Waals surface area contributed by atoms with Gasteiger partial charge < -0.3 is 19.5 Å². The summed E-state index contributed by atoms with van der Waals surface area (Å²) in [5.41, 5.74) is 0.241. The van der Waals surface area contributed by atoms with Gasteiger partial charge >= 0.3 is 0 Å². The number of hydrogen-bond donors (Lipinski definition) is 2. The Morgan fingerprint density at radius 3 is 2.63 bits per heavy atom. The summed E-state index contributed by atoms with van der Waals surface area (Å²) in [5.74, 6) is 1.31. The van der Waals surface area contributed by atoms with Crippen molar-refractivity contribution in [2.45, 2.75) is 31.8 Å². The van der Waals surface area contributed by atoms with E-state index < -0.39 is 5.54 Å². The number of anilines is 1. The molecule has 0 saturated carbocycles. The summed E-state index contributed by atoms with van der Waals surface area (Å²) in [5, 5.41) is 18.2. The van der Waals surface area contributed by atoms with E-state index in [2.05, 4.69) is 25.5 Å². The summed E-state index contributed by atoms with van der Waals surface area (Å²) in [6.45, 7) is 3.91. The Labute approximate surface area is 173 Å². The summed E-state index contributed by atoms with van der Waals surface area (Å²) in [6, 6.07) is 3.74. The Morgan fingerprint density at radius 1 is 1.37 bits per heavy atom. The third-order valence-corrected chi connectivity index (χ3v) is 5.12. The van der Waals surface area contributed by atoms with Crippen molar-refractivity contribution in [1.29, 1.82) is 0 Å². The number of aryl methyl sites for hydroxylation is 2. The third kappa shape index (κ3) is 4.74. The fourth-order valence-corrected chi connectivity index (χ4v) is 3.63. The first-order valence-corrected chi connectivity index (χ1v) is 9.49. The number of rotatable bonds is 5. The summed E-state index contributed by atoms with van der Waals surface area (Å²) in [4.78, 5) is 28.0. The molecule has 3 aromatic rings. The molecular weight excluding hydrogens is 390 g/mol. The lowest BCUT2D eigenvalue weighted by Crippen LogP contribution is -2.52. The van der Waals surface area contributed by atoms with Crippen molar-refractivity contribution in [2.24, 2.45) is 7.05 Å². The Bertz CT molecular complexity index is 955. The summed E-state index contributed by atoms with van der Waals surface area (Å²) < 4.78 is 8.74. The predicted molar refractivity (Wildman–Crippen MR) is 106 cm³/mol. The molecule has 0 aromatic carbocycles. The number of carboxylic acid groups (broad SMARTS) is 1. The van der Waals surface area contributed by atoms with Gasteiger partial charge in [-0.25, -0.2) is 4.98 Å². The minimum atomic E-state index is -0.676. The standard InChI is InChI=1S/C18H23N7O2.CH2O2/c1-14-11-15(22-27-14)12-24-8-4-18(5-9-24,25-10-6-19-13-25)17(26)20-16-3-7-23(2)21-16;2-1-3/h3,6-7,10-11,13H,4-5,8-9,12H2,1-2H3,(H,20,21,26);1H,(H,2,3). The molecule has 0 atom stereocenters. The largest absolute Gasteiger partial charge is 0.483 e. The second kappa shape index (κ2) is 9.35. The molecule has 0 bridgehead atoms. The van der Waals surface area contributed by atoms with E-state index in [0.29, 0.717) is 18.7 Å². The van der Waals surface area contributed by atoms with E-state index in [-0.39, 0.29) is 12.4 Å². The number of amides is 1. The van der Waals surface area contributed by atoms with Gasteiger partial charge in [0.05, 0.1) is 12.0 Å². The summed E-state index contributed by atoms with van der Waals surface area (Å²) in [7, 11) is 1.82. The first kappa shape index (κ1) is 21.2. The second-order valence-corrected chi connectivity index (χ2v) is 7.14. The summed E-state index contributed by atoms with van der Waals surface area (Å²) in [6.07, 6.45) is 8.45. The first-order chi connectivity index (χ1) is 14.5. The van der Waals surface area contributed by atoms with E-state index in [1.54, 1.807) is 23.3 Å². The van der Waals surface area contributed by atoms with Crippen LogP contribution in [0.25, 0.3) is 0 Å². The molecule has 1 saturated heterocycles. The van der Waals surface area contributed by atoms with Crippen molar-refractivity contribution in [3.63, 3.8) is 0 Å². The fourth-order valence-electron chi connectivity index (χ4n) is 3.63. The van der Waals surface area contributed by atoms with Crippen molar-refractivity contribution in [2.75, 3.05) is 18.4 Å². The average Bonchev–Trinajstić information content (AvgIpc) is 3.47. The van der Waals surface area contributed by atoms with Crippen LogP contribution in [0.5, 0.6) is 0 Å². The highest BCUT2D eigenvalue weighted by Crippen LogP contribution is 2.32. The van der Waals surface area contributed by atoms with Crippen molar-refractivity contribution >= 4 is 18.2 Å². The highest BCUT2D eigenvalue weighted by atomic mass is 16.5. The smallest absolute Gasteiger partial charge is 0.290 e. The lowest BCUT2D eigenvalue weighted by Gasteiger charge is -2.41. The van der Waals surface area contributed by atoms with Gasteiger partial charge in [0.25, 0.3) is 12.4 Å². The Balaban J connectivity index is 0.000000806. The van der Waals surface area contributed by atoms with Crippen LogP contribution in [0.3, 0.4) is 0 Å². The summed E-state index contributed by atoms with van der Waals surface area (Å²) >= 11 is 0. The minimum absolute atomic E-state index is 0.0591. The zero-order valence-electron chi connectivity index (χ0n) is 16.9. The Morgan fingerprint density at radius 2 is 2.10 bits per heavy atom. The number of likely N-dealkylation sites (tertiary alicyclic amines) is 1. The molecule has 4 rings (SSSR count). The van der Waals surface area contributed by atoms with E-state index in [9.17, 15) is 4.79 Å². The van der Waals surface area contributed by atoms with Gasteiger partial charge in [-0.05, 0) is 19.8 Å². The number of piperidine rings is 1. The minimum Gasteiger partial charge on any atom is -0.483 e. The molecule has 0 aliphatic carbocycles. The molecule has 0 radical (unpaired) electrons. The number of nitrogens with zero attached hydrogens (tertiary/aromatic N) is 6. The Kier molecular flexibility index (Phi) is 6.62. The molecule has 2 N–H and O–H groups in total. The quantitative estimate of drug-likeness (QED) is 0.595. The lowest BCUT2D eigenvalue weighted by molar-refractivity contribution is -0.127. The molecule has 1 aliphatic rings. The highest BCUT2D eigenvalue weighted by Gasteiger charge is 2.43. The van der Waals surface area contributed by atoms with Gasteiger partial charge in [0.1, 0.15) is 11.3 Å². The van der Waals surface area contributed by atoms with Crippen LogP contribution in [0.4, 0.5) is 5.82 Å². The molecule has 3 aromatic heterocycles. The number of carbonyl (C=O) groups is 2. The van der Waals surface area contributed by atoms with E-state index >= 15 is 0 Å². The zero-order chi connectivity index (χ0) is 21.6. The SMILES string of the molecule is Cc1cc(CN2CCC(C(=O)Nc3ccn(C)n3)(n3ccnc3)CC2)no1.O=CO. The van der Waals surface area contributed by atoms with Crippen LogP contribution in [-0.2, 0) is 28.7 Å². The molecule has 1 fully saturated rings. The number of carbonyl (C=O) groups excluding carboxylic acids is 1. The molecule has 160 valence electrons. The number of hydrogen-bond acceptors (Lipinski definition) is 7. The molecule has 1 amide bonds. The van der Waals surface area contributed by atoms with Crippen LogP contribution in [0.1, 0.15) is 24.3 Å². The molecule has 4 heterocycles. The second-order valence-electron chi connectivity index (χ2n) is 7.14.